The van der Waals surface area contributed by atoms with E-state index in [2.05, 4.69) is 15.6 Å². The lowest BCUT2D eigenvalue weighted by Crippen LogP contribution is -2.28. The monoisotopic (exact) mass is 291 g/mol. The van der Waals surface area contributed by atoms with Gasteiger partial charge in [0.15, 0.2) is 0 Å². The molecule has 0 fully saturated rings. The third-order valence-corrected chi connectivity index (χ3v) is 3.38. The van der Waals surface area contributed by atoms with Crippen molar-refractivity contribution in [2.24, 2.45) is 0 Å². The van der Waals surface area contributed by atoms with Crippen molar-refractivity contribution in [2.75, 3.05) is 5.32 Å². The maximum absolute atomic E-state index is 11.7. The Kier molecular flexibility index (Phi) is 4.31. The largest absolute Gasteiger partial charge is 0.478 e. The lowest BCUT2D eigenvalue weighted by Gasteiger charge is -2.09. The number of carboxylic acids is 1. The van der Waals surface area contributed by atoms with Crippen molar-refractivity contribution < 1.29 is 14.7 Å². The molecule has 0 aliphatic heterocycles. The number of aromatic nitrogens is 1. The Hall–Kier alpha value is -2.41. The highest BCUT2D eigenvalue weighted by Gasteiger charge is 2.08. The summed E-state index contributed by atoms with van der Waals surface area (Å²) in [5.74, 6) is -0.993. The topological polar surface area (TPSA) is 91.3 Å². The van der Waals surface area contributed by atoms with Gasteiger partial charge in [-0.3, -0.25) is 0 Å². The van der Waals surface area contributed by atoms with Gasteiger partial charge in [-0.05, 0) is 30.7 Å². The van der Waals surface area contributed by atoms with Crippen molar-refractivity contribution in [3.8, 4) is 0 Å². The van der Waals surface area contributed by atoms with E-state index in [-0.39, 0.29) is 11.6 Å². The average Bonchev–Trinajstić information content (AvgIpc) is 2.91. The molecule has 0 atom stereocenters. The SMILES string of the molecule is Cc1cc(C(=O)O)ccc1NC(=O)NCc1nccs1. The number of nitrogens with one attached hydrogen (secondary N) is 2. The van der Waals surface area contributed by atoms with Crippen LogP contribution >= 0.6 is 11.3 Å². The van der Waals surface area contributed by atoms with Gasteiger partial charge < -0.3 is 15.7 Å². The van der Waals surface area contributed by atoms with Crippen LogP contribution in [0.1, 0.15) is 20.9 Å². The summed E-state index contributed by atoms with van der Waals surface area (Å²) in [6, 6.07) is 4.18. The second kappa shape index (κ2) is 6.16. The van der Waals surface area contributed by atoms with E-state index in [4.69, 9.17) is 5.11 Å². The van der Waals surface area contributed by atoms with Crippen molar-refractivity contribution in [3.63, 3.8) is 0 Å². The van der Waals surface area contributed by atoms with Crippen LogP contribution < -0.4 is 10.6 Å². The maximum Gasteiger partial charge on any atom is 0.335 e. The zero-order valence-electron chi connectivity index (χ0n) is 10.7. The molecule has 3 N–H and O–H groups in total. The summed E-state index contributed by atoms with van der Waals surface area (Å²) in [5.41, 5.74) is 1.46. The predicted molar refractivity (Wildman–Crippen MR) is 76.1 cm³/mol. The van der Waals surface area contributed by atoms with Gasteiger partial charge in [-0.1, -0.05) is 0 Å². The summed E-state index contributed by atoms with van der Waals surface area (Å²) in [5, 5.41) is 16.9. The minimum absolute atomic E-state index is 0.191. The molecule has 1 aromatic carbocycles. The van der Waals surface area contributed by atoms with Gasteiger partial charge in [0.05, 0.1) is 12.1 Å². The van der Waals surface area contributed by atoms with Crippen LogP contribution in [-0.2, 0) is 6.54 Å². The van der Waals surface area contributed by atoms with E-state index >= 15 is 0 Å². The minimum atomic E-state index is -0.993. The molecule has 0 aliphatic carbocycles. The van der Waals surface area contributed by atoms with Crippen molar-refractivity contribution >= 4 is 29.0 Å². The Morgan fingerprint density at radius 1 is 1.40 bits per heavy atom. The number of carboxylic acid groups (broad SMARTS) is 1. The van der Waals surface area contributed by atoms with Crippen LogP contribution in [0, 0.1) is 6.92 Å². The fourth-order valence-electron chi connectivity index (χ4n) is 1.60. The number of urea groups is 1. The Morgan fingerprint density at radius 3 is 2.80 bits per heavy atom. The lowest BCUT2D eigenvalue weighted by molar-refractivity contribution is 0.0697. The van der Waals surface area contributed by atoms with Crippen LogP contribution in [-0.4, -0.2) is 22.1 Å². The number of hydrogen-bond acceptors (Lipinski definition) is 4. The molecule has 0 unspecified atom stereocenters. The van der Waals surface area contributed by atoms with Crippen molar-refractivity contribution in [3.05, 3.63) is 45.9 Å². The van der Waals surface area contributed by atoms with Gasteiger partial charge >= 0.3 is 12.0 Å². The zero-order valence-corrected chi connectivity index (χ0v) is 11.5. The molecule has 2 aromatic rings. The minimum Gasteiger partial charge on any atom is -0.478 e. The highest BCUT2D eigenvalue weighted by atomic mass is 32.1. The quantitative estimate of drug-likeness (QED) is 0.807. The number of carbonyl (C=O) groups is 2. The normalized spacial score (nSPS) is 10.1. The Morgan fingerprint density at radius 2 is 2.20 bits per heavy atom. The maximum atomic E-state index is 11.7. The lowest BCUT2D eigenvalue weighted by atomic mass is 10.1. The average molecular weight is 291 g/mol. The molecule has 104 valence electrons. The van der Waals surface area contributed by atoms with Gasteiger partial charge in [0.25, 0.3) is 0 Å². The molecular formula is C13H13N3O3S. The summed E-state index contributed by atoms with van der Waals surface area (Å²) in [4.78, 5) is 26.6. The van der Waals surface area contributed by atoms with Gasteiger partial charge in [0.2, 0.25) is 0 Å². The summed E-state index contributed by atoms with van der Waals surface area (Å²) in [6.07, 6.45) is 1.67. The van der Waals surface area contributed by atoms with Crippen LogP contribution in [0.5, 0.6) is 0 Å². The van der Waals surface area contributed by atoms with Crippen molar-refractivity contribution in [1.29, 1.82) is 0 Å². The van der Waals surface area contributed by atoms with E-state index in [0.29, 0.717) is 17.8 Å². The standard InChI is InChI=1S/C13H13N3O3S/c1-8-6-9(12(17)18)2-3-10(8)16-13(19)15-7-11-14-4-5-20-11/h2-6H,7H2,1H3,(H,17,18)(H2,15,16,19). The van der Waals surface area contributed by atoms with Crippen molar-refractivity contribution in [1.82, 2.24) is 10.3 Å². The number of rotatable bonds is 4. The number of benzene rings is 1. The summed E-state index contributed by atoms with van der Waals surface area (Å²) in [6.45, 7) is 2.10. The molecule has 0 aliphatic rings. The van der Waals surface area contributed by atoms with E-state index < -0.39 is 5.97 Å². The predicted octanol–water partition coefficient (Wildman–Crippen LogP) is 2.47. The summed E-state index contributed by atoms with van der Waals surface area (Å²) in [7, 11) is 0. The highest BCUT2D eigenvalue weighted by Crippen LogP contribution is 2.16. The fraction of sp³-hybridized carbons (Fsp3) is 0.154. The number of aromatic carboxylic acids is 1. The number of amides is 2. The van der Waals surface area contributed by atoms with Gasteiger partial charge in [0, 0.05) is 17.3 Å². The van der Waals surface area contributed by atoms with E-state index in [1.54, 1.807) is 19.2 Å². The van der Waals surface area contributed by atoms with E-state index in [1.807, 2.05) is 5.38 Å². The number of nitrogens with zero attached hydrogens (tertiary/aromatic N) is 1. The first-order valence-electron chi connectivity index (χ1n) is 5.83. The molecule has 0 bridgehead atoms. The second-order valence-corrected chi connectivity index (χ2v) is 5.05. The number of hydrogen-bond donors (Lipinski definition) is 3. The molecular weight excluding hydrogens is 278 g/mol. The van der Waals surface area contributed by atoms with Gasteiger partial charge in [0.1, 0.15) is 5.01 Å². The van der Waals surface area contributed by atoms with Gasteiger partial charge in [-0.15, -0.1) is 11.3 Å². The molecule has 0 radical (unpaired) electrons. The van der Waals surface area contributed by atoms with Gasteiger partial charge in [-0.2, -0.15) is 0 Å². The van der Waals surface area contributed by atoms with E-state index in [9.17, 15) is 9.59 Å². The van der Waals surface area contributed by atoms with Crippen LogP contribution in [0.15, 0.2) is 29.8 Å². The molecule has 2 amide bonds. The number of carbonyl (C=O) groups excluding carboxylic acids is 1. The number of thiazole rings is 1. The van der Waals surface area contributed by atoms with E-state index in [0.717, 1.165) is 5.01 Å². The Balaban J connectivity index is 1.95. The first kappa shape index (κ1) is 14.0. The van der Waals surface area contributed by atoms with Crippen LogP contribution in [0.3, 0.4) is 0 Å². The Labute approximate surface area is 119 Å². The van der Waals surface area contributed by atoms with Crippen LogP contribution in [0.2, 0.25) is 0 Å². The van der Waals surface area contributed by atoms with Crippen molar-refractivity contribution in [2.45, 2.75) is 13.5 Å². The zero-order chi connectivity index (χ0) is 14.5. The Bertz CT molecular complexity index is 626. The summed E-state index contributed by atoms with van der Waals surface area (Å²) < 4.78 is 0. The van der Waals surface area contributed by atoms with E-state index in [1.165, 1.54) is 23.5 Å². The molecule has 0 spiro atoms. The first-order valence-corrected chi connectivity index (χ1v) is 6.71. The van der Waals surface area contributed by atoms with Gasteiger partial charge in [-0.25, -0.2) is 14.6 Å². The number of aryl methyl sites for hydroxylation is 1. The first-order chi connectivity index (χ1) is 9.56. The van der Waals surface area contributed by atoms with Crippen LogP contribution in [0.25, 0.3) is 0 Å². The third kappa shape index (κ3) is 3.55. The second-order valence-electron chi connectivity index (χ2n) is 4.07. The third-order valence-electron chi connectivity index (χ3n) is 2.61. The molecule has 0 saturated carbocycles. The molecule has 6 nitrogen and oxygen atoms in total. The molecule has 20 heavy (non-hydrogen) atoms. The molecule has 1 aromatic heterocycles. The summed E-state index contributed by atoms with van der Waals surface area (Å²) >= 11 is 1.46. The molecule has 2 rings (SSSR count). The number of anilines is 1. The highest BCUT2D eigenvalue weighted by molar-refractivity contribution is 7.09. The molecule has 1 heterocycles. The molecule has 7 heteroatoms. The fourth-order valence-corrected chi connectivity index (χ4v) is 2.16. The molecule has 0 saturated heterocycles. The van der Waals surface area contributed by atoms with Crippen LogP contribution in [0.4, 0.5) is 10.5 Å². The smallest absolute Gasteiger partial charge is 0.335 e.